The quantitative estimate of drug-likeness (QED) is 0.884. The van der Waals surface area contributed by atoms with Crippen LogP contribution in [-0.4, -0.2) is 19.1 Å². The molecule has 0 aliphatic rings. The Hall–Kier alpha value is -1.78. The van der Waals surface area contributed by atoms with Crippen LogP contribution in [0, 0.1) is 5.92 Å². The SMILES string of the molecule is COc1cc(NC(=O)[C@H](N)CC(C)C)cc2ccccc12.Cl. The van der Waals surface area contributed by atoms with E-state index in [4.69, 9.17) is 10.5 Å². The number of carbonyl (C=O) groups excluding carboxylic acids is 1. The first kappa shape index (κ1) is 18.3. The molecule has 4 nitrogen and oxygen atoms in total. The van der Waals surface area contributed by atoms with E-state index in [-0.39, 0.29) is 18.3 Å². The first-order chi connectivity index (χ1) is 10.0. The highest BCUT2D eigenvalue weighted by molar-refractivity contribution is 5.99. The minimum atomic E-state index is -0.498. The molecular weight excluding hydrogens is 300 g/mol. The Morgan fingerprint density at radius 2 is 1.95 bits per heavy atom. The van der Waals surface area contributed by atoms with Crippen LogP contribution in [0.1, 0.15) is 20.3 Å². The Morgan fingerprint density at radius 1 is 1.27 bits per heavy atom. The van der Waals surface area contributed by atoms with E-state index >= 15 is 0 Å². The summed E-state index contributed by atoms with van der Waals surface area (Å²) in [7, 11) is 1.62. The molecule has 0 saturated carbocycles. The van der Waals surface area contributed by atoms with Gasteiger partial charge in [0.15, 0.2) is 0 Å². The molecule has 2 aromatic rings. The zero-order valence-electron chi connectivity index (χ0n) is 13.1. The van der Waals surface area contributed by atoms with Crippen LogP contribution in [0.4, 0.5) is 5.69 Å². The summed E-state index contributed by atoms with van der Waals surface area (Å²) in [6.07, 6.45) is 0.663. The first-order valence-corrected chi connectivity index (χ1v) is 7.14. The van der Waals surface area contributed by atoms with E-state index in [1.165, 1.54) is 0 Å². The van der Waals surface area contributed by atoms with Crippen molar-refractivity contribution in [3.63, 3.8) is 0 Å². The summed E-state index contributed by atoms with van der Waals surface area (Å²) >= 11 is 0. The van der Waals surface area contributed by atoms with Gasteiger partial charge in [-0.25, -0.2) is 0 Å². The van der Waals surface area contributed by atoms with Gasteiger partial charge in [0.1, 0.15) is 5.75 Å². The lowest BCUT2D eigenvalue weighted by molar-refractivity contribution is -0.117. The van der Waals surface area contributed by atoms with Gasteiger partial charge in [-0.2, -0.15) is 0 Å². The number of halogens is 1. The van der Waals surface area contributed by atoms with Crippen molar-refractivity contribution >= 4 is 34.8 Å². The van der Waals surface area contributed by atoms with Crippen LogP contribution < -0.4 is 15.8 Å². The van der Waals surface area contributed by atoms with E-state index in [0.717, 1.165) is 16.5 Å². The van der Waals surface area contributed by atoms with Crippen molar-refractivity contribution in [3.05, 3.63) is 36.4 Å². The van der Waals surface area contributed by atoms with Gasteiger partial charge in [0.25, 0.3) is 0 Å². The highest BCUT2D eigenvalue weighted by Crippen LogP contribution is 2.29. The first-order valence-electron chi connectivity index (χ1n) is 7.14. The molecular formula is C17H23ClN2O2. The summed E-state index contributed by atoms with van der Waals surface area (Å²) in [6.45, 7) is 4.10. The maximum absolute atomic E-state index is 12.1. The molecule has 5 heteroatoms. The predicted molar refractivity (Wildman–Crippen MR) is 93.8 cm³/mol. The molecule has 120 valence electrons. The molecule has 0 radical (unpaired) electrons. The number of benzene rings is 2. The van der Waals surface area contributed by atoms with Gasteiger partial charge in [0.2, 0.25) is 5.91 Å². The summed E-state index contributed by atoms with van der Waals surface area (Å²) in [5, 5.41) is 4.91. The molecule has 22 heavy (non-hydrogen) atoms. The fourth-order valence-electron chi connectivity index (χ4n) is 2.37. The molecule has 0 bridgehead atoms. The normalized spacial score (nSPS) is 11.9. The standard InChI is InChI=1S/C17H22N2O2.ClH/c1-11(2)8-15(18)17(20)19-13-9-12-6-4-5-7-14(12)16(10-13)21-3;/h4-7,9-11,15H,8,18H2,1-3H3,(H,19,20);1H/t15-;/m1./s1. The molecule has 0 aliphatic heterocycles. The molecule has 0 heterocycles. The average molecular weight is 323 g/mol. The van der Waals surface area contributed by atoms with Gasteiger partial charge in [-0.1, -0.05) is 38.1 Å². The van der Waals surface area contributed by atoms with Gasteiger partial charge in [-0.05, 0) is 23.8 Å². The lowest BCUT2D eigenvalue weighted by Crippen LogP contribution is -2.36. The Kier molecular flexibility index (Phi) is 6.65. The number of amides is 1. The molecule has 2 aromatic carbocycles. The van der Waals surface area contributed by atoms with E-state index < -0.39 is 6.04 Å². The summed E-state index contributed by atoms with van der Waals surface area (Å²) < 4.78 is 5.39. The maximum Gasteiger partial charge on any atom is 0.241 e. The molecule has 0 aromatic heterocycles. The second-order valence-corrected chi connectivity index (χ2v) is 5.62. The second kappa shape index (κ2) is 8.01. The van der Waals surface area contributed by atoms with Crippen LogP contribution in [0.15, 0.2) is 36.4 Å². The fourth-order valence-corrected chi connectivity index (χ4v) is 2.37. The van der Waals surface area contributed by atoms with Crippen LogP contribution in [0.3, 0.4) is 0 Å². The highest BCUT2D eigenvalue weighted by atomic mass is 35.5. The number of fused-ring (bicyclic) bond motifs is 1. The summed E-state index contributed by atoms with van der Waals surface area (Å²) in [5.74, 6) is 0.957. The largest absolute Gasteiger partial charge is 0.496 e. The molecule has 2 rings (SSSR count). The Balaban J connectivity index is 0.00000242. The zero-order chi connectivity index (χ0) is 15.4. The minimum Gasteiger partial charge on any atom is -0.496 e. The molecule has 0 spiro atoms. The third kappa shape index (κ3) is 4.36. The van der Waals surface area contributed by atoms with Gasteiger partial charge in [-0.15, -0.1) is 12.4 Å². The van der Waals surface area contributed by atoms with Crippen LogP contribution in [0.5, 0.6) is 5.75 Å². The molecule has 0 fully saturated rings. The summed E-state index contributed by atoms with van der Waals surface area (Å²) in [5.41, 5.74) is 6.61. The average Bonchev–Trinajstić information content (AvgIpc) is 2.45. The van der Waals surface area contributed by atoms with E-state index in [1.807, 2.05) is 50.2 Å². The van der Waals surface area contributed by atoms with Crippen LogP contribution in [0.25, 0.3) is 10.8 Å². The Labute approximate surface area is 137 Å². The smallest absolute Gasteiger partial charge is 0.241 e. The van der Waals surface area contributed by atoms with Gasteiger partial charge in [0.05, 0.1) is 13.2 Å². The molecule has 0 unspecified atom stereocenters. The molecule has 1 amide bonds. The van der Waals surface area contributed by atoms with Crippen molar-refractivity contribution in [3.8, 4) is 5.75 Å². The van der Waals surface area contributed by atoms with E-state index in [9.17, 15) is 4.79 Å². The summed E-state index contributed by atoms with van der Waals surface area (Å²) in [4.78, 5) is 12.1. The van der Waals surface area contributed by atoms with Crippen molar-refractivity contribution in [1.29, 1.82) is 0 Å². The number of methoxy groups -OCH3 is 1. The Morgan fingerprint density at radius 3 is 2.59 bits per heavy atom. The molecule has 0 saturated heterocycles. The number of nitrogens with one attached hydrogen (secondary N) is 1. The van der Waals surface area contributed by atoms with Crippen molar-refractivity contribution in [2.45, 2.75) is 26.3 Å². The maximum atomic E-state index is 12.1. The van der Waals surface area contributed by atoms with Crippen LogP contribution in [-0.2, 0) is 4.79 Å². The molecule has 3 N–H and O–H groups in total. The van der Waals surface area contributed by atoms with Crippen LogP contribution in [0.2, 0.25) is 0 Å². The van der Waals surface area contributed by atoms with E-state index in [0.29, 0.717) is 18.0 Å². The van der Waals surface area contributed by atoms with Gasteiger partial charge >= 0.3 is 0 Å². The third-order valence-electron chi connectivity index (χ3n) is 3.37. The Bertz CT molecular complexity index is 644. The number of nitrogens with two attached hydrogens (primary N) is 1. The van der Waals surface area contributed by atoms with Crippen LogP contribution >= 0.6 is 12.4 Å². The summed E-state index contributed by atoms with van der Waals surface area (Å²) in [6, 6.07) is 11.1. The monoisotopic (exact) mass is 322 g/mol. The predicted octanol–water partition coefficient (Wildman–Crippen LogP) is 3.58. The topological polar surface area (TPSA) is 64.3 Å². The number of rotatable bonds is 5. The number of anilines is 1. The number of hydrogen-bond acceptors (Lipinski definition) is 3. The van der Waals surface area contributed by atoms with Crippen molar-refractivity contribution < 1.29 is 9.53 Å². The van der Waals surface area contributed by atoms with Crippen molar-refractivity contribution in [1.82, 2.24) is 0 Å². The number of carbonyl (C=O) groups is 1. The highest BCUT2D eigenvalue weighted by Gasteiger charge is 2.15. The second-order valence-electron chi connectivity index (χ2n) is 5.62. The molecule has 0 aliphatic carbocycles. The minimum absolute atomic E-state index is 0. The van der Waals surface area contributed by atoms with Gasteiger partial charge in [-0.3, -0.25) is 4.79 Å². The van der Waals surface area contributed by atoms with Crippen molar-refractivity contribution in [2.24, 2.45) is 11.7 Å². The zero-order valence-corrected chi connectivity index (χ0v) is 13.9. The number of hydrogen-bond donors (Lipinski definition) is 2. The third-order valence-corrected chi connectivity index (χ3v) is 3.37. The lowest BCUT2D eigenvalue weighted by atomic mass is 10.0. The fraction of sp³-hybridized carbons (Fsp3) is 0.353. The lowest BCUT2D eigenvalue weighted by Gasteiger charge is -2.15. The van der Waals surface area contributed by atoms with E-state index in [1.54, 1.807) is 7.11 Å². The van der Waals surface area contributed by atoms with Gasteiger partial charge in [0, 0.05) is 17.1 Å². The van der Waals surface area contributed by atoms with Gasteiger partial charge < -0.3 is 15.8 Å². The van der Waals surface area contributed by atoms with E-state index in [2.05, 4.69) is 5.32 Å². The van der Waals surface area contributed by atoms with Crippen molar-refractivity contribution in [2.75, 3.05) is 12.4 Å². The number of ether oxygens (including phenoxy) is 1. The molecule has 1 atom stereocenters.